The summed E-state index contributed by atoms with van der Waals surface area (Å²) in [5, 5.41) is 0. The predicted octanol–water partition coefficient (Wildman–Crippen LogP) is 2.13. The van der Waals surface area contributed by atoms with Gasteiger partial charge in [0, 0.05) is 18.1 Å². The van der Waals surface area contributed by atoms with Crippen LogP contribution in [0.1, 0.15) is 51.9 Å². The van der Waals surface area contributed by atoms with Gasteiger partial charge in [-0.3, -0.25) is 4.90 Å². The summed E-state index contributed by atoms with van der Waals surface area (Å²) in [7, 11) is 0. The van der Waals surface area contributed by atoms with Gasteiger partial charge in [-0.15, -0.1) is 0 Å². The number of nitrogens with zero attached hydrogens (tertiary/aromatic N) is 1. The molecule has 0 aromatic rings. The summed E-state index contributed by atoms with van der Waals surface area (Å²) in [6, 6.07) is 0.826. The molecule has 0 amide bonds. The lowest BCUT2D eigenvalue weighted by molar-refractivity contribution is -0.0302. The van der Waals surface area contributed by atoms with Gasteiger partial charge < -0.3 is 5.73 Å². The van der Waals surface area contributed by atoms with Crippen LogP contribution in [-0.2, 0) is 0 Å². The maximum absolute atomic E-state index is 5.97. The van der Waals surface area contributed by atoms with Gasteiger partial charge in [-0.05, 0) is 45.1 Å². The van der Waals surface area contributed by atoms with E-state index in [1.54, 1.807) is 0 Å². The molecule has 0 aromatic carbocycles. The van der Waals surface area contributed by atoms with E-state index < -0.39 is 0 Å². The third-order valence-corrected chi connectivity index (χ3v) is 4.37. The fourth-order valence-corrected chi connectivity index (χ4v) is 3.24. The quantitative estimate of drug-likeness (QED) is 0.749. The molecule has 1 heterocycles. The van der Waals surface area contributed by atoms with Crippen LogP contribution in [0.2, 0.25) is 0 Å². The summed E-state index contributed by atoms with van der Waals surface area (Å²) in [4.78, 5) is 2.75. The van der Waals surface area contributed by atoms with Gasteiger partial charge in [0.25, 0.3) is 0 Å². The van der Waals surface area contributed by atoms with Gasteiger partial charge in [0.2, 0.25) is 0 Å². The van der Waals surface area contributed by atoms with Gasteiger partial charge in [-0.2, -0.15) is 0 Å². The summed E-state index contributed by atoms with van der Waals surface area (Å²) in [5.74, 6) is 0. The van der Waals surface area contributed by atoms with Gasteiger partial charge >= 0.3 is 0 Å². The van der Waals surface area contributed by atoms with Crippen LogP contribution in [0.3, 0.4) is 0 Å². The van der Waals surface area contributed by atoms with E-state index in [1.165, 1.54) is 51.5 Å². The smallest absolute Gasteiger partial charge is 0.0334 e. The number of hydrogen-bond acceptors (Lipinski definition) is 2. The molecule has 2 aliphatic rings. The molecule has 1 aliphatic carbocycles. The molecule has 2 N–H and O–H groups in total. The fourth-order valence-electron chi connectivity index (χ4n) is 3.24. The first-order valence-corrected chi connectivity index (χ1v) is 6.29. The van der Waals surface area contributed by atoms with Gasteiger partial charge in [-0.1, -0.05) is 13.3 Å². The first-order chi connectivity index (χ1) is 6.82. The van der Waals surface area contributed by atoms with Crippen molar-refractivity contribution in [1.82, 2.24) is 4.90 Å². The molecule has 14 heavy (non-hydrogen) atoms. The Morgan fingerprint density at radius 3 is 2.57 bits per heavy atom. The van der Waals surface area contributed by atoms with Crippen LogP contribution >= 0.6 is 0 Å². The van der Waals surface area contributed by atoms with Crippen molar-refractivity contribution in [1.29, 1.82) is 0 Å². The van der Waals surface area contributed by atoms with Gasteiger partial charge in [0.05, 0.1) is 0 Å². The van der Waals surface area contributed by atoms with Crippen LogP contribution in [0.15, 0.2) is 0 Å². The topological polar surface area (TPSA) is 29.3 Å². The zero-order valence-corrected chi connectivity index (χ0v) is 9.47. The molecule has 82 valence electrons. The maximum atomic E-state index is 5.97. The van der Waals surface area contributed by atoms with Crippen molar-refractivity contribution < 1.29 is 0 Å². The van der Waals surface area contributed by atoms with E-state index in [0.717, 1.165) is 12.6 Å². The SMILES string of the molecule is CCC1CCCCN1C1(CN)CCC1. The zero-order valence-electron chi connectivity index (χ0n) is 9.47. The Morgan fingerprint density at radius 1 is 1.29 bits per heavy atom. The molecule has 0 bridgehead atoms. The Balaban J connectivity index is 2.05. The van der Waals surface area contributed by atoms with Crippen LogP contribution in [-0.4, -0.2) is 29.6 Å². The van der Waals surface area contributed by atoms with Crippen molar-refractivity contribution in [2.45, 2.75) is 63.5 Å². The Hall–Kier alpha value is -0.0800. The van der Waals surface area contributed by atoms with Crippen molar-refractivity contribution in [2.75, 3.05) is 13.1 Å². The summed E-state index contributed by atoms with van der Waals surface area (Å²) in [5.41, 5.74) is 6.39. The van der Waals surface area contributed by atoms with Crippen molar-refractivity contribution in [3.05, 3.63) is 0 Å². The number of nitrogens with two attached hydrogens (primary N) is 1. The molecule has 2 fully saturated rings. The Morgan fingerprint density at radius 2 is 2.07 bits per heavy atom. The van der Waals surface area contributed by atoms with Crippen molar-refractivity contribution in [3.8, 4) is 0 Å². The van der Waals surface area contributed by atoms with Gasteiger partial charge in [0.1, 0.15) is 0 Å². The second kappa shape index (κ2) is 4.19. The molecular formula is C12H24N2. The second-order valence-corrected chi connectivity index (χ2v) is 5.03. The molecule has 2 heteroatoms. The molecule has 1 saturated carbocycles. The van der Waals surface area contributed by atoms with E-state index in [2.05, 4.69) is 11.8 Å². The molecular weight excluding hydrogens is 172 g/mol. The van der Waals surface area contributed by atoms with Crippen LogP contribution in [0.25, 0.3) is 0 Å². The second-order valence-electron chi connectivity index (χ2n) is 5.03. The minimum atomic E-state index is 0.418. The monoisotopic (exact) mass is 196 g/mol. The molecule has 0 radical (unpaired) electrons. The van der Waals surface area contributed by atoms with Crippen LogP contribution in [0, 0.1) is 0 Å². The Bertz CT molecular complexity index is 181. The molecule has 1 unspecified atom stereocenters. The summed E-state index contributed by atoms with van der Waals surface area (Å²) >= 11 is 0. The molecule has 2 rings (SSSR count). The summed E-state index contributed by atoms with van der Waals surface area (Å²) in [6.45, 7) is 4.51. The lowest BCUT2D eigenvalue weighted by atomic mass is 9.73. The van der Waals surface area contributed by atoms with Crippen LogP contribution in [0.4, 0.5) is 0 Å². The summed E-state index contributed by atoms with van der Waals surface area (Å²) < 4.78 is 0. The maximum Gasteiger partial charge on any atom is 0.0334 e. The number of piperidine rings is 1. The van der Waals surface area contributed by atoms with E-state index in [-0.39, 0.29) is 0 Å². The largest absolute Gasteiger partial charge is 0.329 e. The van der Waals surface area contributed by atoms with Crippen molar-refractivity contribution >= 4 is 0 Å². The van der Waals surface area contributed by atoms with E-state index in [0.29, 0.717) is 5.54 Å². The fraction of sp³-hybridized carbons (Fsp3) is 1.00. The highest BCUT2D eigenvalue weighted by molar-refractivity contribution is 5.01. The molecule has 1 aliphatic heterocycles. The summed E-state index contributed by atoms with van der Waals surface area (Å²) in [6.07, 6.45) is 9.61. The van der Waals surface area contributed by atoms with Gasteiger partial charge in [0.15, 0.2) is 0 Å². The predicted molar refractivity (Wildman–Crippen MR) is 60.3 cm³/mol. The van der Waals surface area contributed by atoms with Crippen molar-refractivity contribution in [2.24, 2.45) is 5.73 Å². The molecule has 2 nitrogen and oxygen atoms in total. The number of likely N-dealkylation sites (tertiary alicyclic amines) is 1. The van der Waals surface area contributed by atoms with Crippen molar-refractivity contribution in [3.63, 3.8) is 0 Å². The average molecular weight is 196 g/mol. The normalized spacial score (nSPS) is 32.6. The third kappa shape index (κ3) is 1.59. The standard InChI is InChI=1S/C12H24N2/c1-2-11-6-3-4-9-14(11)12(10-13)7-5-8-12/h11H,2-10,13H2,1H3. The van der Waals surface area contributed by atoms with E-state index >= 15 is 0 Å². The van der Waals surface area contributed by atoms with Crippen LogP contribution < -0.4 is 5.73 Å². The average Bonchev–Trinajstić information content (AvgIpc) is 2.18. The highest BCUT2D eigenvalue weighted by Gasteiger charge is 2.44. The first-order valence-electron chi connectivity index (χ1n) is 6.29. The highest BCUT2D eigenvalue weighted by atomic mass is 15.2. The number of rotatable bonds is 3. The van der Waals surface area contributed by atoms with Crippen LogP contribution in [0.5, 0.6) is 0 Å². The molecule has 0 aromatic heterocycles. The van der Waals surface area contributed by atoms with E-state index in [9.17, 15) is 0 Å². The molecule has 1 atom stereocenters. The lowest BCUT2D eigenvalue weighted by Crippen LogP contribution is -2.62. The highest BCUT2D eigenvalue weighted by Crippen LogP contribution is 2.40. The zero-order chi connectivity index (χ0) is 10.0. The Kier molecular flexibility index (Phi) is 3.13. The minimum Gasteiger partial charge on any atom is -0.329 e. The lowest BCUT2D eigenvalue weighted by Gasteiger charge is -2.54. The number of hydrogen-bond donors (Lipinski definition) is 1. The van der Waals surface area contributed by atoms with E-state index in [4.69, 9.17) is 5.73 Å². The third-order valence-electron chi connectivity index (χ3n) is 4.37. The van der Waals surface area contributed by atoms with E-state index in [1.807, 2.05) is 0 Å². The van der Waals surface area contributed by atoms with Gasteiger partial charge in [-0.25, -0.2) is 0 Å². The molecule has 0 spiro atoms. The molecule has 1 saturated heterocycles. The minimum absolute atomic E-state index is 0.418. The Labute approximate surface area is 87.8 Å². The first kappa shape index (κ1) is 10.4.